The van der Waals surface area contributed by atoms with Crippen molar-refractivity contribution in [1.82, 2.24) is 10.3 Å². The maximum Gasteiger partial charge on any atom is 0.230 e. The summed E-state index contributed by atoms with van der Waals surface area (Å²) >= 11 is 1.30. The molecule has 1 aliphatic heterocycles. The SMILES string of the molecule is Cc1cc(C)c2cc(C#N)c(SCC(=O)NC[C@@H]3CCCO3)nc2c1. The van der Waals surface area contributed by atoms with Gasteiger partial charge in [-0.1, -0.05) is 17.8 Å². The number of amides is 1. The van der Waals surface area contributed by atoms with Crippen molar-refractivity contribution in [3.05, 3.63) is 34.9 Å². The van der Waals surface area contributed by atoms with Gasteiger partial charge in [0, 0.05) is 18.5 Å². The Balaban J connectivity index is 1.69. The van der Waals surface area contributed by atoms with Crippen LogP contribution in [0.2, 0.25) is 0 Å². The fourth-order valence-corrected chi connectivity index (χ4v) is 3.81. The van der Waals surface area contributed by atoms with Gasteiger partial charge in [0.25, 0.3) is 0 Å². The van der Waals surface area contributed by atoms with Crippen molar-refractivity contribution >= 4 is 28.6 Å². The zero-order valence-corrected chi connectivity index (χ0v) is 15.3. The number of carbonyl (C=O) groups excluding carboxylic acids is 1. The highest BCUT2D eigenvalue weighted by Crippen LogP contribution is 2.27. The average Bonchev–Trinajstić information content (AvgIpc) is 3.10. The lowest BCUT2D eigenvalue weighted by Crippen LogP contribution is -2.32. The molecule has 0 unspecified atom stereocenters. The van der Waals surface area contributed by atoms with Crippen LogP contribution >= 0.6 is 11.8 Å². The Morgan fingerprint density at radius 1 is 1.44 bits per heavy atom. The van der Waals surface area contributed by atoms with Gasteiger partial charge in [0.15, 0.2) is 0 Å². The lowest BCUT2D eigenvalue weighted by atomic mass is 10.1. The van der Waals surface area contributed by atoms with Crippen LogP contribution in [-0.4, -0.2) is 35.9 Å². The van der Waals surface area contributed by atoms with Crippen molar-refractivity contribution < 1.29 is 9.53 Å². The molecule has 1 N–H and O–H groups in total. The van der Waals surface area contributed by atoms with Crippen LogP contribution in [0.3, 0.4) is 0 Å². The molecule has 1 atom stereocenters. The van der Waals surface area contributed by atoms with E-state index in [4.69, 9.17) is 4.74 Å². The van der Waals surface area contributed by atoms with Gasteiger partial charge in [-0.15, -0.1) is 0 Å². The molecule has 1 aliphatic rings. The molecule has 0 spiro atoms. The molecule has 3 rings (SSSR count). The number of pyridine rings is 1. The van der Waals surface area contributed by atoms with E-state index in [1.165, 1.54) is 11.8 Å². The molecule has 2 aromatic rings. The third-order valence-corrected chi connectivity index (χ3v) is 5.25. The number of benzene rings is 1. The summed E-state index contributed by atoms with van der Waals surface area (Å²) in [5.74, 6) is 0.178. The highest BCUT2D eigenvalue weighted by atomic mass is 32.2. The summed E-state index contributed by atoms with van der Waals surface area (Å²) in [5, 5.41) is 13.9. The number of aromatic nitrogens is 1. The van der Waals surface area contributed by atoms with E-state index < -0.39 is 0 Å². The minimum absolute atomic E-state index is 0.0632. The second-order valence-corrected chi connectivity index (χ2v) is 7.29. The topological polar surface area (TPSA) is 75.0 Å². The third-order valence-electron chi connectivity index (χ3n) is 4.26. The van der Waals surface area contributed by atoms with Crippen molar-refractivity contribution in [3.63, 3.8) is 0 Å². The van der Waals surface area contributed by atoms with Gasteiger partial charge >= 0.3 is 0 Å². The molecule has 1 aromatic heterocycles. The Morgan fingerprint density at radius 2 is 2.28 bits per heavy atom. The van der Waals surface area contributed by atoms with Crippen LogP contribution in [0.25, 0.3) is 10.9 Å². The Bertz CT molecular complexity index is 839. The van der Waals surface area contributed by atoms with Crippen LogP contribution in [0.4, 0.5) is 0 Å². The van der Waals surface area contributed by atoms with E-state index in [1.807, 2.05) is 26.0 Å². The molecule has 6 heteroatoms. The fraction of sp³-hybridized carbons (Fsp3) is 0.421. The first kappa shape index (κ1) is 17.7. The number of nitriles is 1. The summed E-state index contributed by atoms with van der Waals surface area (Å²) in [7, 11) is 0. The van der Waals surface area contributed by atoms with Crippen molar-refractivity contribution in [3.8, 4) is 6.07 Å². The second-order valence-electron chi connectivity index (χ2n) is 6.33. The molecule has 1 aromatic carbocycles. The molecule has 2 heterocycles. The first-order valence-electron chi connectivity index (χ1n) is 8.40. The van der Waals surface area contributed by atoms with Crippen LogP contribution in [0, 0.1) is 25.2 Å². The largest absolute Gasteiger partial charge is 0.376 e. The molecule has 1 saturated heterocycles. The van der Waals surface area contributed by atoms with Gasteiger partial charge < -0.3 is 10.1 Å². The lowest BCUT2D eigenvalue weighted by molar-refractivity contribution is -0.119. The number of hydrogen-bond acceptors (Lipinski definition) is 5. The molecule has 5 nitrogen and oxygen atoms in total. The Hall–Kier alpha value is -2.10. The normalized spacial score (nSPS) is 16.8. The summed E-state index contributed by atoms with van der Waals surface area (Å²) in [6, 6.07) is 8.14. The van der Waals surface area contributed by atoms with Crippen molar-refractivity contribution in [2.75, 3.05) is 18.9 Å². The summed E-state index contributed by atoms with van der Waals surface area (Å²) in [6.07, 6.45) is 2.19. The van der Waals surface area contributed by atoms with Crippen LogP contribution < -0.4 is 5.32 Å². The van der Waals surface area contributed by atoms with E-state index in [-0.39, 0.29) is 17.8 Å². The van der Waals surface area contributed by atoms with Crippen LogP contribution in [0.1, 0.15) is 29.5 Å². The van der Waals surface area contributed by atoms with Gasteiger partial charge in [-0.3, -0.25) is 4.79 Å². The Labute approximate surface area is 151 Å². The van der Waals surface area contributed by atoms with E-state index in [0.29, 0.717) is 17.1 Å². The first-order chi connectivity index (χ1) is 12.1. The Kier molecular flexibility index (Phi) is 5.57. The maximum absolute atomic E-state index is 12.0. The maximum atomic E-state index is 12.0. The van der Waals surface area contributed by atoms with Crippen molar-refractivity contribution in [2.24, 2.45) is 0 Å². The first-order valence-corrected chi connectivity index (χ1v) is 9.38. The third kappa shape index (κ3) is 4.30. The molecule has 0 radical (unpaired) electrons. The van der Waals surface area contributed by atoms with Crippen molar-refractivity contribution in [1.29, 1.82) is 5.26 Å². The summed E-state index contributed by atoms with van der Waals surface area (Å²) < 4.78 is 5.50. The van der Waals surface area contributed by atoms with Gasteiger partial charge in [0.1, 0.15) is 11.1 Å². The molecular weight excluding hydrogens is 334 g/mol. The number of fused-ring (bicyclic) bond motifs is 1. The zero-order chi connectivity index (χ0) is 17.8. The van der Waals surface area contributed by atoms with Crippen LogP contribution in [0.5, 0.6) is 0 Å². The monoisotopic (exact) mass is 355 g/mol. The molecule has 0 aliphatic carbocycles. The fourth-order valence-electron chi connectivity index (χ4n) is 3.02. The molecule has 1 fully saturated rings. The number of hydrogen-bond donors (Lipinski definition) is 1. The number of nitrogens with zero attached hydrogens (tertiary/aromatic N) is 2. The quantitative estimate of drug-likeness (QED) is 0.834. The smallest absolute Gasteiger partial charge is 0.230 e. The lowest BCUT2D eigenvalue weighted by Gasteiger charge is -2.11. The van der Waals surface area contributed by atoms with Gasteiger partial charge in [-0.25, -0.2) is 4.98 Å². The molecule has 130 valence electrons. The van der Waals surface area contributed by atoms with E-state index >= 15 is 0 Å². The number of thioether (sulfide) groups is 1. The van der Waals surface area contributed by atoms with E-state index in [1.54, 1.807) is 0 Å². The molecule has 0 bridgehead atoms. The van der Waals surface area contributed by atoms with E-state index in [9.17, 15) is 10.1 Å². The zero-order valence-electron chi connectivity index (χ0n) is 14.5. The van der Waals surface area contributed by atoms with Gasteiger partial charge in [0.2, 0.25) is 5.91 Å². The highest BCUT2D eigenvalue weighted by Gasteiger charge is 2.17. The minimum Gasteiger partial charge on any atom is -0.376 e. The van der Waals surface area contributed by atoms with Gasteiger partial charge in [-0.2, -0.15) is 5.26 Å². The predicted octanol–water partition coefficient (Wildman–Crippen LogP) is 3.11. The average molecular weight is 355 g/mol. The molecule has 0 saturated carbocycles. The highest BCUT2D eigenvalue weighted by molar-refractivity contribution is 8.00. The summed E-state index contributed by atoms with van der Waals surface area (Å²) in [6.45, 7) is 5.37. The van der Waals surface area contributed by atoms with Crippen LogP contribution in [-0.2, 0) is 9.53 Å². The number of nitrogens with one attached hydrogen (secondary N) is 1. The second kappa shape index (κ2) is 7.85. The Morgan fingerprint density at radius 3 is 3.00 bits per heavy atom. The standard InChI is InChI=1S/C19H21N3O2S/c1-12-6-13(2)16-8-14(9-20)19(22-17(16)7-12)25-11-18(23)21-10-15-4-3-5-24-15/h6-8,15H,3-5,10-11H2,1-2H3,(H,21,23)/t15-/m0/s1. The molecular formula is C19H21N3O2S. The molecule has 1 amide bonds. The van der Waals surface area contributed by atoms with Crippen molar-refractivity contribution in [2.45, 2.75) is 37.8 Å². The van der Waals surface area contributed by atoms with E-state index in [2.05, 4.69) is 22.4 Å². The van der Waals surface area contributed by atoms with E-state index in [0.717, 1.165) is 41.5 Å². The number of ether oxygens (including phenoxy) is 1. The minimum atomic E-state index is -0.0632. The van der Waals surface area contributed by atoms with Gasteiger partial charge in [0.05, 0.1) is 22.9 Å². The summed E-state index contributed by atoms with van der Waals surface area (Å²) in [5.41, 5.74) is 3.60. The van der Waals surface area contributed by atoms with Crippen LogP contribution in [0.15, 0.2) is 23.2 Å². The number of aryl methyl sites for hydroxylation is 2. The predicted molar refractivity (Wildman–Crippen MR) is 98.6 cm³/mol. The number of rotatable bonds is 5. The van der Waals surface area contributed by atoms with Gasteiger partial charge in [-0.05, 0) is 49.9 Å². The molecule has 25 heavy (non-hydrogen) atoms. The summed E-state index contributed by atoms with van der Waals surface area (Å²) in [4.78, 5) is 16.7. The number of carbonyl (C=O) groups is 1.